The third-order valence-electron chi connectivity index (χ3n) is 1.40. The average molecular weight is 184 g/mol. The van der Waals surface area contributed by atoms with E-state index in [0.717, 1.165) is 0 Å². The molecule has 72 valence electrons. The van der Waals surface area contributed by atoms with E-state index in [1.54, 1.807) is 26.0 Å². The number of hydrogen-bond donors (Lipinski definition) is 1. The fraction of sp³-hybridized carbons (Fsp3) is 0.444. The molecule has 13 heavy (non-hydrogen) atoms. The van der Waals surface area contributed by atoms with Crippen LogP contribution in [-0.4, -0.2) is 23.8 Å². The minimum atomic E-state index is -0.653. The molecule has 0 bridgehead atoms. The highest BCUT2D eigenvalue weighted by Gasteiger charge is 2.11. The predicted octanol–water partition coefficient (Wildman–Crippen LogP) is 1.13. The van der Waals surface area contributed by atoms with Gasteiger partial charge in [-0.1, -0.05) is 0 Å². The third-order valence-corrected chi connectivity index (χ3v) is 1.40. The van der Waals surface area contributed by atoms with E-state index in [1.807, 2.05) is 0 Å². The smallest absolute Gasteiger partial charge is 0.374 e. The Kier molecular flexibility index (Phi) is 3.08. The molecule has 0 fully saturated rings. The molecule has 0 aliphatic heterocycles. The number of rotatable bonds is 3. The van der Waals surface area contributed by atoms with Crippen molar-refractivity contribution in [3.63, 3.8) is 0 Å². The van der Waals surface area contributed by atoms with Gasteiger partial charge in [-0.2, -0.15) is 0 Å². The number of aliphatic hydroxyl groups excluding tert-OH is 1. The number of furan rings is 1. The Morgan fingerprint density at radius 3 is 2.85 bits per heavy atom. The van der Waals surface area contributed by atoms with Crippen LogP contribution < -0.4 is 0 Å². The van der Waals surface area contributed by atoms with Crippen molar-refractivity contribution in [2.75, 3.05) is 6.61 Å². The van der Waals surface area contributed by atoms with Crippen LogP contribution in [0.3, 0.4) is 0 Å². The van der Waals surface area contributed by atoms with Crippen LogP contribution in [0.1, 0.15) is 23.2 Å². The van der Waals surface area contributed by atoms with Gasteiger partial charge in [0.2, 0.25) is 5.76 Å². The van der Waals surface area contributed by atoms with E-state index in [1.165, 1.54) is 0 Å². The molecule has 0 aliphatic carbocycles. The number of ether oxygens (including phenoxy) is 1. The number of hydrogen-bond acceptors (Lipinski definition) is 4. The molecule has 1 unspecified atom stereocenters. The Morgan fingerprint density at radius 2 is 2.38 bits per heavy atom. The van der Waals surface area contributed by atoms with E-state index in [0.29, 0.717) is 5.76 Å². The van der Waals surface area contributed by atoms with Gasteiger partial charge in [0.25, 0.3) is 0 Å². The molecule has 0 aromatic carbocycles. The minimum absolute atomic E-state index is 0.0153. The van der Waals surface area contributed by atoms with Crippen molar-refractivity contribution < 1.29 is 19.1 Å². The highest BCUT2D eigenvalue weighted by atomic mass is 16.6. The molecule has 1 atom stereocenters. The van der Waals surface area contributed by atoms with Crippen molar-refractivity contribution in [3.8, 4) is 0 Å². The first-order valence-corrected chi connectivity index (χ1v) is 4.01. The summed E-state index contributed by atoms with van der Waals surface area (Å²) < 4.78 is 9.74. The molecule has 4 nitrogen and oxygen atoms in total. The molecule has 0 aliphatic rings. The lowest BCUT2D eigenvalue weighted by Crippen LogP contribution is -2.14. The van der Waals surface area contributed by atoms with Gasteiger partial charge >= 0.3 is 5.97 Å². The summed E-state index contributed by atoms with van der Waals surface area (Å²) in [6.07, 6.45) is -0.653. The Hall–Kier alpha value is -1.29. The standard InChI is InChI=1S/C9H12O4/c1-6(10)5-12-9(11)8-4-3-7(2)13-8/h3-4,6,10H,5H2,1-2H3. The number of aryl methyl sites for hydroxylation is 1. The van der Waals surface area contributed by atoms with E-state index >= 15 is 0 Å². The molecule has 0 saturated carbocycles. The Labute approximate surface area is 76.1 Å². The zero-order valence-corrected chi connectivity index (χ0v) is 7.61. The normalized spacial score (nSPS) is 12.5. The van der Waals surface area contributed by atoms with Crippen molar-refractivity contribution in [2.45, 2.75) is 20.0 Å². The summed E-state index contributed by atoms with van der Waals surface area (Å²) in [5.41, 5.74) is 0. The van der Waals surface area contributed by atoms with Gasteiger partial charge in [0.15, 0.2) is 0 Å². The van der Waals surface area contributed by atoms with E-state index in [9.17, 15) is 4.79 Å². The lowest BCUT2D eigenvalue weighted by molar-refractivity contribution is 0.0264. The van der Waals surface area contributed by atoms with Crippen molar-refractivity contribution in [3.05, 3.63) is 23.7 Å². The monoisotopic (exact) mass is 184 g/mol. The van der Waals surface area contributed by atoms with Gasteiger partial charge in [-0.25, -0.2) is 4.79 Å². The van der Waals surface area contributed by atoms with Crippen LogP contribution in [0.15, 0.2) is 16.5 Å². The summed E-state index contributed by atoms with van der Waals surface area (Å²) in [4.78, 5) is 11.1. The van der Waals surface area contributed by atoms with Gasteiger partial charge < -0.3 is 14.3 Å². The van der Waals surface area contributed by atoms with Gasteiger partial charge in [0, 0.05) is 0 Å². The molecular weight excluding hydrogens is 172 g/mol. The second-order valence-corrected chi connectivity index (χ2v) is 2.86. The fourth-order valence-corrected chi connectivity index (χ4v) is 0.812. The summed E-state index contributed by atoms with van der Waals surface area (Å²) in [6.45, 7) is 3.27. The number of esters is 1. The molecule has 1 rings (SSSR count). The molecule has 1 aromatic heterocycles. The van der Waals surface area contributed by atoms with Gasteiger partial charge in [0.1, 0.15) is 12.4 Å². The van der Waals surface area contributed by atoms with Gasteiger partial charge in [-0.3, -0.25) is 0 Å². The van der Waals surface area contributed by atoms with Gasteiger partial charge in [-0.05, 0) is 26.0 Å². The van der Waals surface area contributed by atoms with Crippen LogP contribution in [0.2, 0.25) is 0 Å². The first-order chi connectivity index (χ1) is 6.09. The second-order valence-electron chi connectivity index (χ2n) is 2.86. The molecule has 1 aromatic rings. The number of carbonyl (C=O) groups is 1. The molecule has 4 heteroatoms. The topological polar surface area (TPSA) is 59.7 Å². The van der Waals surface area contributed by atoms with Crippen molar-refractivity contribution >= 4 is 5.97 Å². The van der Waals surface area contributed by atoms with Crippen LogP contribution in [-0.2, 0) is 4.74 Å². The molecular formula is C9H12O4. The van der Waals surface area contributed by atoms with Crippen LogP contribution >= 0.6 is 0 Å². The third kappa shape index (κ3) is 2.91. The number of carbonyl (C=O) groups excluding carboxylic acids is 1. The van der Waals surface area contributed by atoms with Crippen molar-refractivity contribution in [2.24, 2.45) is 0 Å². The molecule has 0 amide bonds. The Balaban J connectivity index is 2.49. The maximum Gasteiger partial charge on any atom is 0.374 e. The minimum Gasteiger partial charge on any atom is -0.457 e. The number of aliphatic hydroxyl groups is 1. The first kappa shape index (κ1) is 9.80. The molecule has 0 spiro atoms. The zero-order valence-electron chi connectivity index (χ0n) is 7.61. The van der Waals surface area contributed by atoms with Crippen LogP contribution in [0.25, 0.3) is 0 Å². The van der Waals surface area contributed by atoms with Crippen molar-refractivity contribution in [1.29, 1.82) is 0 Å². The summed E-state index contributed by atoms with van der Waals surface area (Å²) >= 11 is 0. The zero-order chi connectivity index (χ0) is 9.84. The van der Waals surface area contributed by atoms with Crippen LogP contribution in [0.4, 0.5) is 0 Å². The van der Waals surface area contributed by atoms with Gasteiger partial charge in [0.05, 0.1) is 6.10 Å². The molecule has 0 radical (unpaired) electrons. The SMILES string of the molecule is Cc1ccc(C(=O)OCC(C)O)o1. The first-order valence-electron chi connectivity index (χ1n) is 4.01. The summed E-state index contributed by atoms with van der Waals surface area (Å²) in [5.74, 6) is 0.274. The highest BCUT2D eigenvalue weighted by Crippen LogP contribution is 2.07. The maximum atomic E-state index is 11.1. The highest BCUT2D eigenvalue weighted by molar-refractivity contribution is 5.86. The Bertz CT molecular complexity index is 288. The quantitative estimate of drug-likeness (QED) is 0.715. The summed E-state index contributed by atoms with van der Waals surface area (Å²) in [5, 5.41) is 8.85. The van der Waals surface area contributed by atoms with E-state index in [4.69, 9.17) is 14.3 Å². The molecule has 1 heterocycles. The lowest BCUT2D eigenvalue weighted by atomic mass is 10.4. The maximum absolute atomic E-state index is 11.1. The Morgan fingerprint density at radius 1 is 1.69 bits per heavy atom. The molecule has 1 N–H and O–H groups in total. The van der Waals surface area contributed by atoms with E-state index in [-0.39, 0.29) is 12.4 Å². The summed E-state index contributed by atoms with van der Waals surface area (Å²) in [7, 11) is 0. The largest absolute Gasteiger partial charge is 0.457 e. The summed E-state index contributed by atoms with van der Waals surface area (Å²) in [6, 6.07) is 3.22. The fourth-order valence-electron chi connectivity index (χ4n) is 0.812. The second kappa shape index (κ2) is 4.09. The van der Waals surface area contributed by atoms with E-state index < -0.39 is 12.1 Å². The van der Waals surface area contributed by atoms with E-state index in [2.05, 4.69) is 0 Å². The van der Waals surface area contributed by atoms with Gasteiger partial charge in [-0.15, -0.1) is 0 Å². The predicted molar refractivity (Wildman–Crippen MR) is 45.4 cm³/mol. The lowest BCUT2D eigenvalue weighted by Gasteiger charge is -2.03. The molecule has 0 saturated heterocycles. The van der Waals surface area contributed by atoms with Crippen LogP contribution in [0.5, 0.6) is 0 Å². The van der Waals surface area contributed by atoms with Crippen molar-refractivity contribution in [1.82, 2.24) is 0 Å². The van der Waals surface area contributed by atoms with Crippen LogP contribution in [0, 0.1) is 6.92 Å². The average Bonchev–Trinajstić information content (AvgIpc) is 2.47.